The number of hydrogen-bond acceptors (Lipinski definition) is 4. The normalized spacial score (nSPS) is 11.2. The summed E-state index contributed by atoms with van der Waals surface area (Å²) in [6, 6.07) is 0. The molecule has 20 heavy (non-hydrogen) atoms. The number of nitrogens with one attached hydrogen (secondary N) is 2. The van der Waals surface area contributed by atoms with E-state index in [0.29, 0.717) is 13.1 Å². The minimum atomic E-state index is -0.294. The third-order valence-electron chi connectivity index (χ3n) is 2.41. The average Bonchev–Trinajstić information content (AvgIpc) is 2.34. The van der Waals surface area contributed by atoms with Crippen LogP contribution in [-0.2, 0) is 19.1 Å². The van der Waals surface area contributed by atoms with Crippen molar-refractivity contribution in [3.63, 3.8) is 0 Å². The number of carbonyl (C=O) groups excluding carboxylic acids is 2. The molecule has 0 rings (SSSR count). The molecule has 0 unspecified atom stereocenters. The Morgan fingerprint density at radius 1 is 0.900 bits per heavy atom. The molecule has 6 heteroatoms. The molecule has 118 valence electrons. The van der Waals surface area contributed by atoms with E-state index in [1.165, 1.54) is 7.11 Å². The summed E-state index contributed by atoms with van der Waals surface area (Å²) < 4.78 is 10.1. The van der Waals surface area contributed by atoms with Gasteiger partial charge in [0, 0.05) is 20.2 Å². The molecule has 0 aliphatic rings. The Balaban J connectivity index is 3.36. The Bertz CT molecular complexity index is 287. The molecule has 0 aliphatic heterocycles. The zero-order valence-corrected chi connectivity index (χ0v) is 13.1. The number of carbonyl (C=O) groups is 2. The molecule has 0 saturated heterocycles. The zero-order chi connectivity index (χ0) is 15.4. The van der Waals surface area contributed by atoms with Gasteiger partial charge >= 0.3 is 0 Å². The summed E-state index contributed by atoms with van der Waals surface area (Å²) in [4.78, 5) is 22.5. The van der Waals surface area contributed by atoms with Crippen molar-refractivity contribution in [2.75, 3.05) is 33.4 Å². The standard InChI is InChI=1S/C14H28N2O4/c1-14(2,3)20-11-13(18)16-9-7-5-6-8-15-12(17)10-19-4/h5-11H2,1-4H3,(H,15,17)(H,16,18). The molecule has 0 saturated carbocycles. The summed E-state index contributed by atoms with van der Waals surface area (Å²) >= 11 is 0. The van der Waals surface area contributed by atoms with Crippen molar-refractivity contribution >= 4 is 11.8 Å². The minimum Gasteiger partial charge on any atom is -0.375 e. The number of methoxy groups -OCH3 is 1. The van der Waals surface area contributed by atoms with E-state index in [2.05, 4.69) is 10.6 Å². The molecule has 0 fully saturated rings. The van der Waals surface area contributed by atoms with Gasteiger partial charge < -0.3 is 20.1 Å². The number of ether oxygens (including phenoxy) is 2. The first-order valence-corrected chi connectivity index (χ1v) is 7.01. The van der Waals surface area contributed by atoms with E-state index in [4.69, 9.17) is 9.47 Å². The number of hydrogen-bond donors (Lipinski definition) is 2. The molecule has 0 spiro atoms. The molecule has 0 aromatic heterocycles. The van der Waals surface area contributed by atoms with Crippen molar-refractivity contribution in [1.82, 2.24) is 10.6 Å². The van der Waals surface area contributed by atoms with Crippen molar-refractivity contribution in [1.29, 1.82) is 0 Å². The van der Waals surface area contributed by atoms with Crippen molar-refractivity contribution in [2.45, 2.75) is 45.6 Å². The lowest BCUT2D eigenvalue weighted by molar-refractivity contribution is -0.130. The number of unbranched alkanes of at least 4 members (excludes halogenated alkanes) is 2. The lowest BCUT2D eigenvalue weighted by Crippen LogP contribution is -2.32. The summed E-state index contributed by atoms with van der Waals surface area (Å²) in [6.45, 7) is 7.22. The predicted octanol–water partition coefficient (Wildman–Crippen LogP) is 0.851. The molecule has 0 aromatic carbocycles. The van der Waals surface area contributed by atoms with E-state index in [1.807, 2.05) is 20.8 Å². The monoisotopic (exact) mass is 288 g/mol. The Labute approximate surface area is 121 Å². The van der Waals surface area contributed by atoms with Crippen LogP contribution in [0.25, 0.3) is 0 Å². The van der Waals surface area contributed by atoms with Crippen LogP contribution in [0.4, 0.5) is 0 Å². The Hall–Kier alpha value is -1.14. The van der Waals surface area contributed by atoms with Gasteiger partial charge in [0.1, 0.15) is 13.2 Å². The van der Waals surface area contributed by atoms with Crippen LogP contribution in [0.5, 0.6) is 0 Å². The summed E-state index contributed by atoms with van der Waals surface area (Å²) in [7, 11) is 1.49. The second-order valence-electron chi connectivity index (χ2n) is 5.59. The average molecular weight is 288 g/mol. The second kappa shape index (κ2) is 10.6. The molecule has 0 bridgehead atoms. The maximum Gasteiger partial charge on any atom is 0.246 e. The van der Waals surface area contributed by atoms with Crippen LogP contribution in [0.15, 0.2) is 0 Å². The maximum absolute atomic E-state index is 11.4. The quantitative estimate of drug-likeness (QED) is 0.584. The fourth-order valence-corrected chi connectivity index (χ4v) is 1.40. The van der Waals surface area contributed by atoms with Crippen molar-refractivity contribution in [3.8, 4) is 0 Å². The van der Waals surface area contributed by atoms with Crippen LogP contribution in [0.2, 0.25) is 0 Å². The SMILES string of the molecule is COCC(=O)NCCCCCNC(=O)COC(C)(C)C. The highest BCUT2D eigenvalue weighted by Gasteiger charge is 2.12. The van der Waals surface area contributed by atoms with Gasteiger partial charge in [-0.2, -0.15) is 0 Å². The molecule has 0 aromatic rings. The van der Waals surface area contributed by atoms with Crippen molar-refractivity contribution < 1.29 is 19.1 Å². The highest BCUT2D eigenvalue weighted by atomic mass is 16.5. The van der Waals surface area contributed by atoms with Gasteiger partial charge in [-0.1, -0.05) is 0 Å². The second-order valence-corrected chi connectivity index (χ2v) is 5.59. The maximum atomic E-state index is 11.4. The van der Waals surface area contributed by atoms with E-state index in [0.717, 1.165) is 19.3 Å². The van der Waals surface area contributed by atoms with Crippen LogP contribution < -0.4 is 10.6 Å². The van der Waals surface area contributed by atoms with Crippen LogP contribution in [0, 0.1) is 0 Å². The van der Waals surface area contributed by atoms with E-state index >= 15 is 0 Å². The lowest BCUT2D eigenvalue weighted by Gasteiger charge is -2.18. The summed E-state index contributed by atoms with van der Waals surface area (Å²) in [6.07, 6.45) is 2.74. The number of amides is 2. The Kier molecular flexibility index (Phi) is 10.0. The molecule has 6 nitrogen and oxygen atoms in total. The van der Waals surface area contributed by atoms with E-state index < -0.39 is 0 Å². The van der Waals surface area contributed by atoms with Crippen molar-refractivity contribution in [3.05, 3.63) is 0 Å². The minimum absolute atomic E-state index is 0.0895. The van der Waals surface area contributed by atoms with Gasteiger partial charge in [0.2, 0.25) is 11.8 Å². The molecule has 2 N–H and O–H groups in total. The largest absolute Gasteiger partial charge is 0.375 e. The van der Waals surface area contributed by atoms with Gasteiger partial charge in [-0.05, 0) is 40.0 Å². The fourth-order valence-electron chi connectivity index (χ4n) is 1.40. The van der Waals surface area contributed by atoms with E-state index in [-0.39, 0.29) is 30.6 Å². The lowest BCUT2D eigenvalue weighted by atomic mass is 10.2. The van der Waals surface area contributed by atoms with E-state index in [9.17, 15) is 9.59 Å². The molecule has 0 heterocycles. The Morgan fingerprint density at radius 3 is 1.85 bits per heavy atom. The van der Waals surface area contributed by atoms with Gasteiger partial charge in [-0.25, -0.2) is 0 Å². The summed E-state index contributed by atoms with van der Waals surface area (Å²) in [5.74, 6) is -0.187. The van der Waals surface area contributed by atoms with Crippen LogP contribution >= 0.6 is 0 Å². The van der Waals surface area contributed by atoms with Gasteiger partial charge in [-0.3, -0.25) is 9.59 Å². The van der Waals surface area contributed by atoms with E-state index in [1.54, 1.807) is 0 Å². The molecule has 0 radical (unpaired) electrons. The zero-order valence-electron chi connectivity index (χ0n) is 13.1. The smallest absolute Gasteiger partial charge is 0.246 e. The molecule has 0 aliphatic carbocycles. The third kappa shape index (κ3) is 13.3. The first kappa shape index (κ1) is 18.9. The Morgan fingerprint density at radius 2 is 1.40 bits per heavy atom. The fraction of sp³-hybridized carbons (Fsp3) is 0.857. The van der Waals surface area contributed by atoms with Crippen LogP contribution in [0.1, 0.15) is 40.0 Å². The molecule has 0 atom stereocenters. The molecule has 2 amide bonds. The van der Waals surface area contributed by atoms with Gasteiger partial charge in [0.05, 0.1) is 5.60 Å². The van der Waals surface area contributed by atoms with Gasteiger partial charge in [0.25, 0.3) is 0 Å². The first-order chi connectivity index (χ1) is 9.35. The first-order valence-electron chi connectivity index (χ1n) is 7.01. The highest BCUT2D eigenvalue weighted by Crippen LogP contribution is 2.05. The number of rotatable bonds is 10. The van der Waals surface area contributed by atoms with Gasteiger partial charge in [-0.15, -0.1) is 0 Å². The highest BCUT2D eigenvalue weighted by molar-refractivity contribution is 5.77. The summed E-state index contributed by atoms with van der Waals surface area (Å²) in [5.41, 5.74) is -0.294. The van der Waals surface area contributed by atoms with Crippen LogP contribution in [0.3, 0.4) is 0 Å². The third-order valence-corrected chi connectivity index (χ3v) is 2.41. The van der Waals surface area contributed by atoms with Crippen molar-refractivity contribution in [2.24, 2.45) is 0 Å². The van der Waals surface area contributed by atoms with Crippen LogP contribution in [-0.4, -0.2) is 50.8 Å². The predicted molar refractivity (Wildman–Crippen MR) is 77.5 cm³/mol. The topological polar surface area (TPSA) is 76.7 Å². The van der Waals surface area contributed by atoms with Gasteiger partial charge in [0.15, 0.2) is 0 Å². The molecular weight excluding hydrogens is 260 g/mol. The molecular formula is C14H28N2O4. The summed E-state index contributed by atoms with van der Waals surface area (Å²) in [5, 5.41) is 5.55.